The molecule has 1 heterocycles. The quantitative estimate of drug-likeness (QED) is 0.484. The van der Waals surface area contributed by atoms with E-state index in [1.165, 1.54) is 12.8 Å². The Morgan fingerprint density at radius 2 is 2.00 bits per heavy atom. The predicted molar refractivity (Wildman–Crippen MR) is 100.0 cm³/mol. The van der Waals surface area contributed by atoms with Crippen molar-refractivity contribution in [3.8, 4) is 0 Å². The standard InChI is InChI=1S/C21H34NO3.BrH/c1-17(2)12-13-21(24,19-10-6-5-7-11-19)20(23)25-16-15-22(4)14-8-9-18(22)3;/h5-7,10-11,17-18,24H,8-9,12-16H2,1-4H3;1H/q+1;/p-1. The molecule has 1 aliphatic heterocycles. The van der Waals surface area contributed by atoms with Gasteiger partial charge in [0.25, 0.3) is 0 Å². The van der Waals surface area contributed by atoms with Gasteiger partial charge in [0.05, 0.1) is 19.6 Å². The average Bonchev–Trinajstić information content (AvgIpc) is 2.92. The Hall–Kier alpha value is -0.910. The first kappa shape index (κ1) is 23.1. The molecule has 0 aliphatic carbocycles. The number of likely N-dealkylation sites (tertiary alicyclic amines) is 1. The average molecular weight is 428 g/mol. The molecular formula is C21H34BrNO3. The van der Waals surface area contributed by atoms with Gasteiger partial charge in [0.2, 0.25) is 0 Å². The molecule has 1 aromatic rings. The number of carbonyl (C=O) groups is 1. The summed E-state index contributed by atoms with van der Waals surface area (Å²) in [6.45, 7) is 8.75. The van der Waals surface area contributed by atoms with Crippen LogP contribution in [0.3, 0.4) is 0 Å². The second-order valence-electron chi connectivity index (χ2n) is 8.21. The molecule has 0 spiro atoms. The van der Waals surface area contributed by atoms with Crippen molar-refractivity contribution in [3.05, 3.63) is 35.9 Å². The number of halogens is 1. The highest BCUT2D eigenvalue weighted by atomic mass is 79.9. The summed E-state index contributed by atoms with van der Waals surface area (Å²) in [6, 6.07) is 9.79. The summed E-state index contributed by atoms with van der Waals surface area (Å²) in [7, 11) is 2.23. The monoisotopic (exact) mass is 427 g/mol. The fourth-order valence-electron chi connectivity index (χ4n) is 3.65. The highest BCUT2D eigenvalue weighted by Crippen LogP contribution is 2.30. The highest BCUT2D eigenvalue weighted by Gasteiger charge is 2.40. The molecule has 3 atom stereocenters. The number of quaternary nitrogens is 1. The van der Waals surface area contributed by atoms with Gasteiger partial charge in [-0.05, 0) is 31.2 Å². The van der Waals surface area contributed by atoms with Crippen LogP contribution in [-0.2, 0) is 15.1 Å². The molecule has 5 heteroatoms. The number of ether oxygens (including phenoxy) is 1. The van der Waals surface area contributed by atoms with Crippen LogP contribution in [0.25, 0.3) is 0 Å². The maximum atomic E-state index is 12.8. The Morgan fingerprint density at radius 1 is 1.35 bits per heavy atom. The van der Waals surface area contributed by atoms with E-state index in [2.05, 4.69) is 27.8 Å². The minimum absolute atomic E-state index is 0. The molecule has 148 valence electrons. The van der Waals surface area contributed by atoms with Gasteiger partial charge in [-0.3, -0.25) is 0 Å². The third kappa shape index (κ3) is 5.54. The molecule has 1 aliphatic rings. The van der Waals surface area contributed by atoms with Gasteiger partial charge in [0.15, 0.2) is 5.60 Å². The van der Waals surface area contributed by atoms with Crippen molar-refractivity contribution in [1.82, 2.24) is 0 Å². The fourth-order valence-corrected chi connectivity index (χ4v) is 3.65. The molecule has 0 bridgehead atoms. The number of rotatable bonds is 8. The zero-order chi connectivity index (χ0) is 18.5. The summed E-state index contributed by atoms with van der Waals surface area (Å²) in [5.74, 6) is -0.101. The van der Waals surface area contributed by atoms with E-state index in [4.69, 9.17) is 4.74 Å². The topological polar surface area (TPSA) is 46.5 Å². The summed E-state index contributed by atoms with van der Waals surface area (Å²) in [6.07, 6.45) is 3.61. The number of hydrogen-bond acceptors (Lipinski definition) is 3. The summed E-state index contributed by atoms with van der Waals surface area (Å²) in [5, 5.41) is 11.1. The van der Waals surface area contributed by atoms with E-state index in [-0.39, 0.29) is 17.0 Å². The van der Waals surface area contributed by atoms with Crippen LogP contribution in [0, 0.1) is 5.92 Å². The van der Waals surface area contributed by atoms with Crippen molar-refractivity contribution in [1.29, 1.82) is 0 Å². The lowest BCUT2D eigenvalue weighted by Crippen LogP contribution is -3.00. The molecule has 0 saturated carbocycles. The SMILES string of the molecule is CC(C)CCC(O)(C(=O)OCC[N+]1(C)CCCC1C)c1ccccc1.[Br-]. The number of likely N-dealkylation sites (N-methyl/N-ethyl adjacent to an activating group) is 1. The van der Waals surface area contributed by atoms with Gasteiger partial charge in [-0.2, -0.15) is 0 Å². The van der Waals surface area contributed by atoms with Crippen LogP contribution in [0.1, 0.15) is 52.0 Å². The zero-order valence-corrected chi connectivity index (χ0v) is 18.2. The molecule has 1 saturated heterocycles. The van der Waals surface area contributed by atoms with Crippen molar-refractivity contribution in [2.24, 2.45) is 5.92 Å². The van der Waals surface area contributed by atoms with E-state index < -0.39 is 11.6 Å². The van der Waals surface area contributed by atoms with Crippen LogP contribution in [0.4, 0.5) is 0 Å². The normalized spacial score (nSPS) is 24.8. The van der Waals surface area contributed by atoms with Gasteiger partial charge in [0.1, 0.15) is 13.2 Å². The molecule has 26 heavy (non-hydrogen) atoms. The molecule has 0 radical (unpaired) electrons. The zero-order valence-electron chi connectivity index (χ0n) is 16.6. The van der Waals surface area contributed by atoms with Gasteiger partial charge < -0.3 is 31.3 Å². The van der Waals surface area contributed by atoms with Crippen LogP contribution >= 0.6 is 0 Å². The van der Waals surface area contributed by atoms with Crippen LogP contribution in [0.5, 0.6) is 0 Å². The first-order valence-electron chi connectivity index (χ1n) is 9.57. The van der Waals surface area contributed by atoms with E-state index in [1.807, 2.05) is 18.2 Å². The molecule has 0 amide bonds. The second kappa shape index (κ2) is 9.86. The van der Waals surface area contributed by atoms with Gasteiger partial charge in [0, 0.05) is 12.8 Å². The first-order chi connectivity index (χ1) is 11.8. The van der Waals surface area contributed by atoms with E-state index in [0.29, 0.717) is 30.6 Å². The predicted octanol–water partition coefficient (Wildman–Crippen LogP) is 0.487. The third-order valence-corrected chi connectivity index (χ3v) is 5.86. The number of esters is 1. The number of aliphatic hydroxyl groups is 1. The van der Waals surface area contributed by atoms with Gasteiger partial charge >= 0.3 is 5.97 Å². The Kier molecular flexibility index (Phi) is 8.77. The van der Waals surface area contributed by atoms with E-state index in [1.54, 1.807) is 12.1 Å². The molecule has 3 unspecified atom stereocenters. The Labute approximate surface area is 168 Å². The Balaban J connectivity index is 0.00000338. The minimum Gasteiger partial charge on any atom is -1.00 e. The largest absolute Gasteiger partial charge is 1.00 e. The summed E-state index contributed by atoms with van der Waals surface area (Å²) in [5.41, 5.74) is -0.934. The third-order valence-electron chi connectivity index (χ3n) is 5.86. The van der Waals surface area contributed by atoms with Gasteiger partial charge in [-0.15, -0.1) is 0 Å². The Bertz CT molecular complexity index is 566. The first-order valence-corrected chi connectivity index (χ1v) is 9.57. The summed E-state index contributed by atoms with van der Waals surface area (Å²) >= 11 is 0. The second-order valence-corrected chi connectivity index (χ2v) is 8.21. The highest BCUT2D eigenvalue weighted by molar-refractivity contribution is 5.81. The number of carbonyl (C=O) groups excluding carboxylic acids is 1. The molecule has 2 rings (SSSR count). The molecule has 4 nitrogen and oxygen atoms in total. The van der Waals surface area contributed by atoms with Crippen LogP contribution < -0.4 is 17.0 Å². The lowest BCUT2D eigenvalue weighted by molar-refractivity contribution is -0.919. The van der Waals surface area contributed by atoms with Crippen molar-refractivity contribution in [3.63, 3.8) is 0 Å². The van der Waals surface area contributed by atoms with Gasteiger partial charge in [-0.25, -0.2) is 4.79 Å². The van der Waals surface area contributed by atoms with Crippen molar-refractivity contribution < 1.29 is 36.1 Å². The smallest absolute Gasteiger partial charge is 0.343 e. The van der Waals surface area contributed by atoms with E-state index >= 15 is 0 Å². The van der Waals surface area contributed by atoms with E-state index in [9.17, 15) is 9.90 Å². The molecule has 0 aromatic heterocycles. The summed E-state index contributed by atoms with van der Waals surface area (Å²) < 4.78 is 6.51. The molecule has 1 fully saturated rings. The van der Waals surface area contributed by atoms with Gasteiger partial charge in [-0.1, -0.05) is 44.2 Å². The number of benzene rings is 1. The Morgan fingerprint density at radius 3 is 2.54 bits per heavy atom. The molecule has 1 aromatic carbocycles. The minimum atomic E-state index is -1.55. The maximum absolute atomic E-state index is 12.8. The van der Waals surface area contributed by atoms with Crippen LogP contribution in [0.15, 0.2) is 30.3 Å². The maximum Gasteiger partial charge on any atom is 0.343 e. The van der Waals surface area contributed by atoms with E-state index in [0.717, 1.165) is 24.0 Å². The van der Waals surface area contributed by atoms with Crippen molar-refractivity contribution in [2.45, 2.75) is 58.1 Å². The number of hydrogen-bond donors (Lipinski definition) is 1. The lowest BCUT2D eigenvalue weighted by Gasteiger charge is -2.34. The summed E-state index contributed by atoms with van der Waals surface area (Å²) in [4.78, 5) is 12.8. The molecule has 1 N–H and O–H groups in total. The van der Waals surface area contributed by atoms with Crippen molar-refractivity contribution in [2.75, 3.05) is 26.7 Å². The lowest BCUT2D eigenvalue weighted by atomic mass is 9.87. The molecular weight excluding hydrogens is 394 g/mol. The van der Waals surface area contributed by atoms with Crippen LogP contribution in [-0.4, -0.2) is 48.3 Å². The number of nitrogens with zero attached hydrogens (tertiary/aromatic N) is 1. The fraction of sp³-hybridized carbons (Fsp3) is 0.667. The van der Waals surface area contributed by atoms with Crippen molar-refractivity contribution >= 4 is 5.97 Å². The van der Waals surface area contributed by atoms with Crippen LogP contribution in [0.2, 0.25) is 0 Å².